The fraction of sp³-hybridized carbons (Fsp3) is 0.750. The molecule has 0 atom stereocenters. The molecule has 1 aromatic rings. The summed E-state index contributed by atoms with van der Waals surface area (Å²) in [6, 6.07) is 0. The molecule has 0 radical (unpaired) electrons. The smallest absolute Gasteiger partial charge is 0.358 e. The van der Waals surface area contributed by atoms with Gasteiger partial charge in [-0.05, 0) is 38.8 Å². The maximum Gasteiger partial charge on any atom is 0.358 e. The minimum atomic E-state index is -1.01. The van der Waals surface area contributed by atoms with E-state index in [4.69, 9.17) is 5.11 Å². The third-order valence-electron chi connectivity index (χ3n) is 3.48. The lowest BCUT2D eigenvalue weighted by Gasteiger charge is -2.23. The second-order valence-electron chi connectivity index (χ2n) is 4.81. The molecule has 1 saturated heterocycles. The van der Waals surface area contributed by atoms with E-state index in [-0.39, 0.29) is 18.2 Å². The predicted octanol–water partition coefficient (Wildman–Crippen LogP) is 0.216. The highest BCUT2D eigenvalue weighted by Crippen LogP contribution is 2.27. The number of carbonyl (C=O) groups is 1. The molecule has 0 aromatic carbocycles. The number of piperidine rings is 1. The minimum absolute atomic E-state index is 0.0795. The molecule has 7 heteroatoms. The van der Waals surface area contributed by atoms with Gasteiger partial charge in [0.05, 0.1) is 5.69 Å². The quantitative estimate of drug-likeness (QED) is 0.638. The maximum atomic E-state index is 11.2. The van der Waals surface area contributed by atoms with Crippen LogP contribution in [0.3, 0.4) is 0 Å². The van der Waals surface area contributed by atoms with Crippen LogP contribution in [0.1, 0.15) is 47.8 Å². The molecule has 0 unspecified atom stereocenters. The van der Waals surface area contributed by atoms with E-state index in [1.807, 2.05) is 0 Å². The van der Waals surface area contributed by atoms with Crippen LogP contribution in [0, 0.1) is 0 Å². The van der Waals surface area contributed by atoms with Crippen LogP contribution < -0.4 is 5.32 Å². The summed E-state index contributed by atoms with van der Waals surface area (Å²) in [5.41, 5.74) is 0.822. The number of unbranched alkanes of at least 4 members (excludes halogenated alkanes) is 1. The molecule has 3 N–H and O–H groups in total. The molecule has 7 nitrogen and oxygen atoms in total. The number of hydrogen-bond donors (Lipinski definition) is 3. The average Bonchev–Trinajstić information content (AvgIpc) is 2.84. The van der Waals surface area contributed by atoms with Crippen molar-refractivity contribution in [1.29, 1.82) is 0 Å². The van der Waals surface area contributed by atoms with Gasteiger partial charge in [-0.1, -0.05) is 5.21 Å². The Hall–Kier alpha value is -1.47. The molecular formula is C12H20N4O3. The van der Waals surface area contributed by atoms with Crippen molar-refractivity contribution in [3.8, 4) is 0 Å². The standard InChI is InChI=1S/C12H20N4O3/c17-8-2-1-7-16-11(9-3-5-13-6-4-9)10(12(18)19)14-15-16/h9,13,17H,1-8H2,(H,18,19). The van der Waals surface area contributed by atoms with Crippen LogP contribution >= 0.6 is 0 Å². The Morgan fingerprint density at radius 2 is 2.11 bits per heavy atom. The largest absolute Gasteiger partial charge is 0.476 e. The summed E-state index contributed by atoms with van der Waals surface area (Å²) < 4.78 is 1.70. The number of rotatable bonds is 6. The molecule has 106 valence electrons. The molecule has 0 aliphatic carbocycles. The molecular weight excluding hydrogens is 248 g/mol. The number of carboxylic acid groups (broad SMARTS) is 1. The normalized spacial score (nSPS) is 16.7. The molecule has 1 fully saturated rings. The molecule has 1 aliphatic heterocycles. The van der Waals surface area contributed by atoms with Crippen molar-refractivity contribution in [1.82, 2.24) is 20.3 Å². The van der Waals surface area contributed by atoms with E-state index in [0.29, 0.717) is 13.0 Å². The Balaban J connectivity index is 2.19. The number of aliphatic hydroxyl groups is 1. The first kappa shape index (κ1) is 14.0. The van der Waals surface area contributed by atoms with Crippen LogP contribution in [0.15, 0.2) is 0 Å². The van der Waals surface area contributed by atoms with Gasteiger partial charge >= 0.3 is 5.97 Å². The van der Waals surface area contributed by atoms with Gasteiger partial charge in [0.25, 0.3) is 0 Å². The Bertz CT molecular complexity index is 427. The third kappa shape index (κ3) is 3.30. The summed E-state index contributed by atoms with van der Waals surface area (Å²) in [7, 11) is 0. The van der Waals surface area contributed by atoms with Gasteiger partial charge in [0.15, 0.2) is 5.69 Å². The fourth-order valence-corrected chi connectivity index (χ4v) is 2.51. The van der Waals surface area contributed by atoms with Crippen molar-refractivity contribution >= 4 is 5.97 Å². The van der Waals surface area contributed by atoms with Crippen LogP contribution in [-0.2, 0) is 6.54 Å². The first-order chi connectivity index (χ1) is 9.24. The van der Waals surface area contributed by atoms with E-state index < -0.39 is 5.97 Å². The number of aryl methyl sites for hydroxylation is 1. The first-order valence-electron chi connectivity index (χ1n) is 6.72. The zero-order valence-electron chi connectivity index (χ0n) is 10.9. The second-order valence-corrected chi connectivity index (χ2v) is 4.81. The Morgan fingerprint density at radius 3 is 2.74 bits per heavy atom. The molecule has 0 saturated carbocycles. The number of nitrogens with one attached hydrogen (secondary N) is 1. The monoisotopic (exact) mass is 268 g/mol. The van der Waals surface area contributed by atoms with Gasteiger partial charge in [-0.3, -0.25) is 0 Å². The molecule has 0 spiro atoms. The molecule has 1 aromatic heterocycles. The van der Waals surface area contributed by atoms with Crippen molar-refractivity contribution in [2.45, 2.75) is 38.1 Å². The average molecular weight is 268 g/mol. The lowest BCUT2D eigenvalue weighted by atomic mass is 9.93. The van der Waals surface area contributed by atoms with E-state index in [9.17, 15) is 9.90 Å². The van der Waals surface area contributed by atoms with Crippen LogP contribution in [0.2, 0.25) is 0 Å². The van der Waals surface area contributed by atoms with Crippen molar-refractivity contribution < 1.29 is 15.0 Å². The number of nitrogens with zero attached hydrogens (tertiary/aromatic N) is 3. The fourth-order valence-electron chi connectivity index (χ4n) is 2.51. The van der Waals surface area contributed by atoms with Crippen LogP contribution in [-0.4, -0.2) is 50.9 Å². The molecule has 0 amide bonds. The summed E-state index contributed by atoms with van der Waals surface area (Å²) in [5, 5.41) is 29.1. The van der Waals surface area contributed by atoms with Gasteiger partial charge < -0.3 is 15.5 Å². The van der Waals surface area contributed by atoms with Crippen LogP contribution in [0.4, 0.5) is 0 Å². The van der Waals surface area contributed by atoms with E-state index in [0.717, 1.165) is 38.0 Å². The summed E-state index contributed by atoms with van der Waals surface area (Å²) in [6.07, 6.45) is 3.28. The number of hydrogen-bond acceptors (Lipinski definition) is 5. The van der Waals surface area contributed by atoms with Crippen molar-refractivity contribution in [3.63, 3.8) is 0 Å². The highest BCUT2D eigenvalue weighted by atomic mass is 16.4. The maximum absolute atomic E-state index is 11.2. The van der Waals surface area contributed by atoms with E-state index in [2.05, 4.69) is 15.6 Å². The van der Waals surface area contributed by atoms with Crippen molar-refractivity contribution in [2.75, 3.05) is 19.7 Å². The summed E-state index contributed by atoms with van der Waals surface area (Å²) in [5.74, 6) is -0.807. The topological polar surface area (TPSA) is 100 Å². The molecule has 2 rings (SSSR count). The first-order valence-corrected chi connectivity index (χ1v) is 6.72. The summed E-state index contributed by atoms with van der Waals surface area (Å²) in [4.78, 5) is 11.2. The molecule has 2 heterocycles. The number of aliphatic hydroxyl groups excluding tert-OH is 1. The van der Waals surface area contributed by atoms with Gasteiger partial charge in [-0.15, -0.1) is 5.10 Å². The highest BCUT2D eigenvalue weighted by molar-refractivity contribution is 5.86. The van der Waals surface area contributed by atoms with E-state index >= 15 is 0 Å². The minimum Gasteiger partial charge on any atom is -0.476 e. The number of aromatic carboxylic acids is 1. The number of carboxylic acids is 1. The van der Waals surface area contributed by atoms with Gasteiger partial charge in [0.2, 0.25) is 0 Å². The lowest BCUT2D eigenvalue weighted by molar-refractivity contribution is 0.0688. The summed E-state index contributed by atoms with van der Waals surface area (Å²) >= 11 is 0. The molecule has 1 aliphatic rings. The van der Waals surface area contributed by atoms with Gasteiger partial charge in [-0.25, -0.2) is 9.48 Å². The zero-order valence-corrected chi connectivity index (χ0v) is 10.9. The van der Waals surface area contributed by atoms with Gasteiger partial charge in [-0.2, -0.15) is 0 Å². The SMILES string of the molecule is O=C(O)c1nnn(CCCCO)c1C1CCNCC1. The zero-order chi connectivity index (χ0) is 13.7. The predicted molar refractivity (Wildman–Crippen MR) is 68.1 cm³/mol. The van der Waals surface area contributed by atoms with Gasteiger partial charge in [0.1, 0.15) is 0 Å². The van der Waals surface area contributed by atoms with Crippen LogP contribution in [0.5, 0.6) is 0 Å². The molecule has 0 bridgehead atoms. The second kappa shape index (κ2) is 6.63. The summed E-state index contributed by atoms with van der Waals surface area (Å²) in [6.45, 7) is 2.54. The lowest BCUT2D eigenvalue weighted by Crippen LogP contribution is -2.28. The Morgan fingerprint density at radius 1 is 1.37 bits per heavy atom. The van der Waals surface area contributed by atoms with Gasteiger partial charge in [0, 0.05) is 19.1 Å². The van der Waals surface area contributed by atoms with E-state index in [1.54, 1.807) is 4.68 Å². The highest BCUT2D eigenvalue weighted by Gasteiger charge is 2.27. The molecule has 19 heavy (non-hydrogen) atoms. The third-order valence-corrected chi connectivity index (χ3v) is 3.48. The van der Waals surface area contributed by atoms with Crippen molar-refractivity contribution in [2.24, 2.45) is 0 Å². The Labute approximate surface area is 111 Å². The van der Waals surface area contributed by atoms with Crippen LogP contribution in [0.25, 0.3) is 0 Å². The van der Waals surface area contributed by atoms with E-state index in [1.165, 1.54) is 0 Å². The number of aromatic nitrogens is 3. The Kier molecular flexibility index (Phi) is 4.86. The van der Waals surface area contributed by atoms with Crippen molar-refractivity contribution in [3.05, 3.63) is 11.4 Å².